The highest BCUT2D eigenvalue weighted by atomic mass is 19.1. The average Bonchev–Trinajstić information content (AvgIpc) is 2.65. The molecule has 0 aromatic carbocycles. The van der Waals surface area contributed by atoms with Gasteiger partial charge in [-0.15, -0.1) is 0 Å². The Hall–Kier alpha value is -1.16. The van der Waals surface area contributed by atoms with Gasteiger partial charge in [-0.2, -0.15) is 0 Å². The Morgan fingerprint density at radius 3 is 3.07 bits per heavy atom. The molecule has 1 aromatic heterocycles. The second-order valence-corrected chi connectivity index (χ2v) is 4.12. The number of ether oxygens (including phenoxy) is 1. The van der Waals surface area contributed by atoms with E-state index < -0.39 is 0 Å². The van der Waals surface area contributed by atoms with Crippen molar-refractivity contribution in [2.45, 2.75) is 25.4 Å². The maximum Gasteiger partial charge on any atom is 0.141 e. The SMILES string of the molecule is CC1(CNc2ccc(F)cn2)CCCO1. The normalized spacial score (nSPS) is 25.5. The van der Waals surface area contributed by atoms with Gasteiger partial charge in [-0.25, -0.2) is 9.37 Å². The maximum absolute atomic E-state index is 12.6. The summed E-state index contributed by atoms with van der Waals surface area (Å²) in [5.41, 5.74) is -0.101. The van der Waals surface area contributed by atoms with Crippen molar-refractivity contribution in [1.82, 2.24) is 4.98 Å². The summed E-state index contributed by atoms with van der Waals surface area (Å²) >= 11 is 0. The van der Waals surface area contributed by atoms with E-state index in [1.54, 1.807) is 6.07 Å². The van der Waals surface area contributed by atoms with Crippen LogP contribution in [0.15, 0.2) is 18.3 Å². The third-order valence-electron chi connectivity index (χ3n) is 2.67. The molecular weight excluding hydrogens is 195 g/mol. The van der Waals surface area contributed by atoms with Gasteiger partial charge in [-0.1, -0.05) is 0 Å². The molecule has 1 fully saturated rings. The van der Waals surface area contributed by atoms with Crippen LogP contribution in [-0.2, 0) is 4.74 Å². The van der Waals surface area contributed by atoms with Crippen molar-refractivity contribution in [2.24, 2.45) is 0 Å². The van der Waals surface area contributed by atoms with Gasteiger partial charge in [0.2, 0.25) is 0 Å². The third-order valence-corrected chi connectivity index (χ3v) is 2.67. The lowest BCUT2D eigenvalue weighted by molar-refractivity contribution is 0.0315. The first-order valence-electron chi connectivity index (χ1n) is 5.17. The Morgan fingerprint density at radius 2 is 2.47 bits per heavy atom. The molecule has 0 radical (unpaired) electrons. The standard InChI is InChI=1S/C11H15FN2O/c1-11(5-2-6-15-11)8-14-10-4-3-9(12)7-13-10/h3-4,7H,2,5-6,8H2,1H3,(H,13,14). The molecule has 1 N–H and O–H groups in total. The number of pyridine rings is 1. The molecular formula is C11H15FN2O. The third kappa shape index (κ3) is 2.65. The molecule has 0 saturated carbocycles. The number of hydrogen-bond acceptors (Lipinski definition) is 3. The lowest BCUT2D eigenvalue weighted by Crippen LogP contribution is -2.32. The van der Waals surface area contributed by atoms with E-state index in [4.69, 9.17) is 4.74 Å². The van der Waals surface area contributed by atoms with Gasteiger partial charge in [0.15, 0.2) is 0 Å². The zero-order valence-electron chi connectivity index (χ0n) is 8.79. The summed E-state index contributed by atoms with van der Waals surface area (Å²) in [5.74, 6) is 0.372. The molecule has 1 unspecified atom stereocenters. The van der Waals surface area contributed by atoms with Gasteiger partial charge in [-0.05, 0) is 31.9 Å². The van der Waals surface area contributed by atoms with Crippen molar-refractivity contribution < 1.29 is 9.13 Å². The van der Waals surface area contributed by atoms with Crippen LogP contribution in [0.4, 0.5) is 10.2 Å². The minimum absolute atomic E-state index is 0.101. The number of aromatic nitrogens is 1. The second kappa shape index (κ2) is 4.14. The summed E-state index contributed by atoms with van der Waals surface area (Å²) in [4.78, 5) is 3.93. The fraction of sp³-hybridized carbons (Fsp3) is 0.545. The summed E-state index contributed by atoms with van der Waals surface area (Å²) in [5, 5.41) is 3.15. The molecule has 15 heavy (non-hydrogen) atoms. The summed E-state index contributed by atoms with van der Waals surface area (Å²) < 4.78 is 18.2. The van der Waals surface area contributed by atoms with E-state index in [2.05, 4.69) is 17.2 Å². The van der Waals surface area contributed by atoms with Crippen molar-refractivity contribution in [2.75, 3.05) is 18.5 Å². The number of halogens is 1. The van der Waals surface area contributed by atoms with Crippen molar-refractivity contribution in [3.8, 4) is 0 Å². The molecule has 0 spiro atoms. The predicted molar refractivity (Wildman–Crippen MR) is 56.3 cm³/mol. The van der Waals surface area contributed by atoms with Crippen LogP contribution in [-0.4, -0.2) is 23.7 Å². The molecule has 3 nitrogen and oxygen atoms in total. The van der Waals surface area contributed by atoms with Crippen molar-refractivity contribution in [3.05, 3.63) is 24.1 Å². The molecule has 0 amide bonds. The minimum atomic E-state index is -0.316. The lowest BCUT2D eigenvalue weighted by Gasteiger charge is -2.23. The van der Waals surface area contributed by atoms with Gasteiger partial charge in [0, 0.05) is 13.2 Å². The molecule has 1 aliphatic rings. The molecule has 0 aliphatic carbocycles. The van der Waals surface area contributed by atoms with Crippen LogP contribution in [0.25, 0.3) is 0 Å². The van der Waals surface area contributed by atoms with Gasteiger partial charge in [0.1, 0.15) is 11.6 Å². The minimum Gasteiger partial charge on any atom is -0.373 e. The summed E-state index contributed by atoms with van der Waals surface area (Å²) in [6, 6.07) is 3.03. The van der Waals surface area contributed by atoms with E-state index in [1.165, 1.54) is 12.3 Å². The van der Waals surface area contributed by atoms with Gasteiger partial charge >= 0.3 is 0 Å². The van der Waals surface area contributed by atoms with E-state index in [0.29, 0.717) is 12.4 Å². The Morgan fingerprint density at radius 1 is 1.60 bits per heavy atom. The van der Waals surface area contributed by atoms with Crippen LogP contribution in [0.3, 0.4) is 0 Å². The number of rotatable bonds is 3. The Bertz CT molecular complexity index is 320. The van der Waals surface area contributed by atoms with Crippen molar-refractivity contribution >= 4 is 5.82 Å². The Labute approximate surface area is 88.7 Å². The van der Waals surface area contributed by atoms with E-state index in [9.17, 15) is 4.39 Å². The van der Waals surface area contributed by atoms with Crippen LogP contribution >= 0.6 is 0 Å². The highest BCUT2D eigenvalue weighted by molar-refractivity contribution is 5.34. The predicted octanol–water partition coefficient (Wildman–Crippen LogP) is 2.20. The summed E-state index contributed by atoms with van der Waals surface area (Å²) in [7, 11) is 0. The van der Waals surface area contributed by atoms with Crippen LogP contribution in [0, 0.1) is 5.82 Å². The van der Waals surface area contributed by atoms with Gasteiger partial charge in [0.05, 0.1) is 11.8 Å². The summed E-state index contributed by atoms with van der Waals surface area (Å²) in [6.07, 6.45) is 3.37. The topological polar surface area (TPSA) is 34.2 Å². The van der Waals surface area contributed by atoms with E-state index in [-0.39, 0.29) is 11.4 Å². The van der Waals surface area contributed by atoms with Crippen LogP contribution < -0.4 is 5.32 Å². The molecule has 82 valence electrons. The van der Waals surface area contributed by atoms with E-state index in [0.717, 1.165) is 19.4 Å². The Kier molecular flexibility index (Phi) is 2.86. The van der Waals surface area contributed by atoms with Gasteiger partial charge < -0.3 is 10.1 Å². The molecule has 1 atom stereocenters. The average molecular weight is 210 g/mol. The molecule has 1 aliphatic heterocycles. The van der Waals surface area contributed by atoms with Crippen LogP contribution in [0.5, 0.6) is 0 Å². The first-order valence-corrected chi connectivity index (χ1v) is 5.17. The van der Waals surface area contributed by atoms with Crippen LogP contribution in [0.1, 0.15) is 19.8 Å². The van der Waals surface area contributed by atoms with Gasteiger partial charge in [-0.3, -0.25) is 0 Å². The fourth-order valence-corrected chi connectivity index (χ4v) is 1.73. The zero-order valence-corrected chi connectivity index (χ0v) is 8.79. The molecule has 2 heterocycles. The van der Waals surface area contributed by atoms with E-state index >= 15 is 0 Å². The highest BCUT2D eigenvalue weighted by Gasteiger charge is 2.29. The smallest absolute Gasteiger partial charge is 0.141 e. The van der Waals surface area contributed by atoms with Crippen molar-refractivity contribution in [3.63, 3.8) is 0 Å². The molecule has 1 aromatic rings. The first kappa shape index (κ1) is 10.4. The first-order chi connectivity index (χ1) is 7.18. The molecule has 0 bridgehead atoms. The second-order valence-electron chi connectivity index (χ2n) is 4.12. The largest absolute Gasteiger partial charge is 0.373 e. The van der Waals surface area contributed by atoms with Gasteiger partial charge in [0.25, 0.3) is 0 Å². The Balaban J connectivity index is 1.90. The number of hydrogen-bond donors (Lipinski definition) is 1. The zero-order chi connectivity index (χ0) is 10.7. The molecule has 1 saturated heterocycles. The molecule has 2 rings (SSSR count). The highest BCUT2D eigenvalue weighted by Crippen LogP contribution is 2.24. The quantitative estimate of drug-likeness (QED) is 0.830. The number of anilines is 1. The van der Waals surface area contributed by atoms with E-state index in [1.807, 2.05) is 0 Å². The lowest BCUT2D eigenvalue weighted by atomic mass is 10.0. The fourth-order valence-electron chi connectivity index (χ4n) is 1.73. The monoisotopic (exact) mass is 210 g/mol. The van der Waals surface area contributed by atoms with Crippen LogP contribution in [0.2, 0.25) is 0 Å². The molecule has 4 heteroatoms. The number of nitrogens with one attached hydrogen (secondary N) is 1. The number of nitrogens with zero attached hydrogens (tertiary/aromatic N) is 1. The van der Waals surface area contributed by atoms with Crippen molar-refractivity contribution in [1.29, 1.82) is 0 Å². The maximum atomic E-state index is 12.6. The summed E-state index contributed by atoms with van der Waals surface area (Å²) in [6.45, 7) is 3.62.